The van der Waals surface area contributed by atoms with Crippen LogP contribution in [0.1, 0.15) is 28.4 Å². The van der Waals surface area contributed by atoms with E-state index >= 15 is 0 Å². The minimum absolute atomic E-state index is 0.112. The molecular weight excluding hydrogens is 362 g/mol. The fourth-order valence-corrected chi connectivity index (χ4v) is 3.10. The van der Waals surface area contributed by atoms with Crippen LogP contribution in [0.15, 0.2) is 84.9 Å². The molecule has 1 aliphatic rings. The van der Waals surface area contributed by atoms with Gasteiger partial charge in [-0.25, -0.2) is 9.98 Å². The summed E-state index contributed by atoms with van der Waals surface area (Å²) in [4.78, 5) is 21.0. The van der Waals surface area contributed by atoms with E-state index in [9.17, 15) is 4.79 Å². The largest absolute Gasteiger partial charge is 0.348 e. The number of carbonyl (C=O) groups is 1. The normalized spacial score (nSPS) is 13.0. The lowest BCUT2D eigenvalue weighted by Crippen LogP contribution is -2.13. The van der Waals surface area contributed by atoms with E-state index in [4.69, 9.17) is 0 Å². The van der Waals surface area contributed by atoms with Gasteiger partial charge in [0.15, 0.2) is 0 Å². The maximum atomic E-state index is 12.5. The van der Waals surface area contributed by atoms with Crippen molar-refractivity contribution in [1.82, 2.24) is 15.6 Å². The summed E-state index contributed by atoms with van der Waals surface area (Å²) in [5, 5.41) is 8.96. The smallest absolute Gasteiger partial charge is 0.254 e. The number of allylic oxidation sites excluding steroid dienone is 3. The number of aliphatic imine (C=N–C) groups is 1. The third-order valence-electron chi connectivity index (χ3n) is 4.38. The Morgan fingerprint density at radius 1 is 1.28 bits per heavy atom. The van der Waals surface area contributed by atoms with Crippen molar-refractivity contribution in [3.8, 4) is 0 Å². The number of hydrogen-bond donors (Lipinski definition) is 3. The standard InChI is InChI=1S/C23H23N5O/c1-5-24-16(4)25-13-11-17(15(2)3)18-9-10-20(22-19(18)14-27-23(22)29)28-21-8-6-7-12-26-21/h5-13,24H,1-2,4,14H2,3H3,(H,26,28)(H,27,29)/b17-11+,25-13-. The third kappa shape index (κ3) is 4.50. The maximum absolute atomic E-state index is 12.5. The lowest BCUT2D eigenvalue weighted by molar-refractivity contribution is 0.0966. The lowest BCUT2D eigenvalue weighted by atomic mass is 9.92. The van der Waals surface area contributed by atoms with Gasteiger partial charge in [-0.1, -0.05) is 37.4 Å². The van der Waals surface area contributed by atoms with Crippen LogP contribution in [0.4, 0.5) is 11.5 Å². The van der Waals surface area contributed by atoms with Crippen LogP contribution in [0.2, 0.25) is 0 Å². The van der Waals surface area contributed by atoms with Crippen LogP contribution in [0, 0.1) is 0 Å². The van der Waals surface area contributed by atoms with Crippen LogP contribution < -0.4 is 16.0 Å². The Morgan fingerprint density at radius 3 is 2.79 bits per heavy atom. The molecule has 1 aromatic carbocycles. The van der Waals surface area contributed by atoms with Crippen molar-refractivity contribution >= 4 is 29.2 Å². The highest BCUT2D eigenvalue weighted by atomic mass is 16.1. The van der Waals surface area contributed by atoms with Crippen LogP contribution in [-0.4, -0.2) is 17.1 Å². The highest BCUT2D eigenvalue weighted by Crippen LogP contribution is 2.34. The number of anilines is 2. The van der Waals surface area contributed by atoms with E-state index in [0.717, 1.165) is 28.0 Å². The third-order valence-corrected chi connectivity index (χ3v) is 4.38. The number of carbonyl (C=O) groups excluding carboxylic acids is 1. The summed E-state index contributed by atoms with van der Waals surface area (Å²) in [5.74, 6) is 1.05. The number of fused-ring (bicyclic) bond motifs is 1. The minimum Gasteiger partial charge on any atom is -0.348 e. The Hall–Kier alpha value is -3.93. The second-order valence-electron chi connectivity index (χ2n) is 6.47. The molecule has 0 saturated heterocycles. The number of aromatic nitrogens is 1. The van der Waals surface area contributed by atoms with Gasteiger partial charge in [-0.15, -0.1) is 0 Å². The first-order valence-corrected chi connectivity index (χ1v) is 9.10. The van der Waals surface area contributed by atoms with Gasteiger partial charge in [-0.05, 0) is 54.1 Å². The van der Waals surface area contributed by atoms with E-state index in [2.05, 4.69) is 45.7 Å². The Morgan fingerprint density at radius 2 is 2.10 bits per heavy atom. The fraction of sp³-hybridized carbons (Fsp3) is 0.0870. The highest BCUT2D eigenvalue weighted by Gasteiger charge is 2.26. The molecule has 0 fully saturated rings. The molecule has 3 rings (SSSR count). The number of hydrogen-bond acceptors (Lipinski definition) is 5. The fourth-order valence-electron chi connectivity index (χ4n) is 3.10. The molecule has 0 atom stereocenters. The average Bonchev–Trinajstić information content (AvgIpc) is 3.09. The van der Waals surface area contributed by atoms with Gasteiger partial charge in [0, 0.05) is 19.0 Å². The topological polar surface area (TPSA) is 78.4 Å². The highest BCUT2D eigenvalue weighted by molar-refractivity contribution is 6.06. The monoisotopic (exact) mass is 385 g/mol. The summed E-state index contributed by atoms with van der Waals surface area (Å²) in [7, 11) is 0. The Labute approximate surface area is 170 Å². The molecule has 0 bridgehead atoms. The van der Waals surface area contributed by atoms with E-state index in [-0.39, 0.29) is 5.91 Å². The second-order valence-corrected chi connectivity index (χ2v) is 6.47. The summed E-state index contributed by atoms with van der Waals surface area (Å²) >= 11 is 0. The van der Waals surface area contributed by atoms with E-state index in [1.54, 1.807) is 12.4 Å². The molecule has 0 saturated carbocycles. The molecule has 3 N–H and O–H groups in total. The molecule has 2 aromatic rings. The molecular formula is C23H23N5O. The zero-order chi connectivity index (χ0) is 20.8. The van der Waals surface area contributed by atoms with Crippen LogP contribution in [0.25, 0.3) is 5.57 Å². The van der Waals surface area contributed by atoms with E-state index in [1.165, 1.54) is 6.20 Å². The molecule has 0 spiro atoms. The van der Waals surface area contributed by atoms with Gasteiger partial charge in [0.1, 0.15) is 11.6 Å². The lowest BCUT2D eigenvalue weighted by Gasteiger charge is -2.15. The summed E-state index contributed by atoms with van der Waals surface area (Å²) in [5.41, 5.74) is 4.96. The van der Waals surface area contributed by atoms with Crippen molar-refractivity contribution in [3.63, 3.8) is 0 Å². The quantitative estimate of drug-likeness (QED) is 0.468. The average molecular weight is 385 g/mol. The van der Waals surface area contributed by atoms with Crippen molar-refractivity contribution in [2.24, 2.45) is 4.99 Å². The molecule has 146 valence electrons. The number of nitrogens with zero attached hydrogens (tertiary/aromatic N) is 2. The van der Waals surface area contributed by atoms with Crippen molar-refractivity contribution in [2.45, 2.75) is 13.5 Å². The second kappa shape index (κ2) is 8.84. The Balaban J connectivity index is 2.01. The molecule has 1 aliphatic heterocycles. The van der Waals surface area contributed by atoms with Crippen LogP contribution >= 0.6 is 0 Å². The molecule has 0 radical (unpaired) electrons. The number of pyridine rings is 1. The van der Waals surface area contributed by atoms with Crippen LogP contribution in [-0.2, 0) is 6.54 Å². The Kier molecular flexibility index (Phi) is 6.04. The summed E-state index contributed by atoms with van der Waals surface area (Å²) in [6.45, 7) is 13.8. The first-order valence-electron chi connectivity index (χ1n) is 9.10. The molecule has 0 aliphatic carbocycles. The van der Waals surface area contributed by atoms with Crippen molar-refractivity contribution in [2.75, 3.05) is 5.32 Å². The summed E-state index contributed by atoms with van der Waals surface area (Å²) < 4.78 is 0. The van der Waals surface area contributed by atoms with Crippen molar-refractivity contribution in [1.29, 1.82) is 0 Å². The van der Waals surface area contributed by atoms with Gasteiger partial charge in [-0.2, -0.15) is 0 Å². The van der Waals surface area contributed by atoms with Gasteiger partial charge in [0.05, 0.1) is 11.3 Å². The van der Waals surface area contributed by atoms with Gasteiger partial charge >= 0.3 is 0 Å². The summed E-state index contributed by atoms with van der Waals surface area (Å²) in [6.07, 6.45) is 6.73. The van der Waals surface area contributed by atoms with E-state index in [0.29, 0.717) is 23.7 Å². The van der Waals surface area contributed by atoms with Crippen molar-refractivity contribution in [3.05, 3.63) is 96.6 Å². The van der Waals surface area contributed by atoms with Gasteiger partial charge in [0.2, 0.25) is 0 Å². The van der Waals surface area contributed by atoms with E-state index in [1.807, 2.05) is 43.3 Å². The van der Waals surface area contributed by atoms with E-state index < -0.39 is 0 Å². The van der Waals surface area contributed by atoms with Gasteiger partial charge < -0.3 is 16.0 Å². The van der Waals surface area contributed by atoms with Gasteiger partial charge in [0.25, 0.3) is 5.91 Å². The predicted octanol–water partition coefficient (Wildman–Crippen LogP) is 4.30. The zero-order valence-corrected chi connectivity index (χ0v) is 16.3. The minimum atomic E-state index is -0.112. The zero-order valence-electron chi connectivity index (χ0n) is 16.3. The SMILES string of the molecule is C=CNC(=C)/N=C\C=C(/C(=C)C)c1ccc(Nc2ccccn2)c2c1CNC2=O. The molecule has 29 heavy (non-hydrogen) atoms. The van der Waals surface area contributed by atoms with Crippen LogP contribution in [0.5, 0.6) is 0 Å². The first kappa shape index (κ1) is 19.8. The van der Waals surface area contributed by atoms with Crippen LogP contribution in [0.3, 0.4) is 0 Å². The maximum Gasteiger partial charge on any atom is 0.254 e. The first-order chi connectivity index (χ1) is 14.0. The number of benzene rings is 1. The molecule has 1 amide bonds. The Bertz CT molecular complexity index is 1030. The van der Waals surface area contributed by atoms with Gasteiger partial charge in [-0.3, -0.25) is 4.79 Å². The summed E-state index contributed by atoms with van der Waals surface area (Å²) in [6, 6.07) is 9.46. The predicted molar refractivity (Wildman–Crippen MR) is 119 cm³/mol. The number of rotatable bonds is 8. The number of nitrogens with one attached hydrogen (secondary N) is 3. The molecule has 6 nitrogen and oxygen atoms in total. The molecule has 6 heteroatoms. The van der Waals surface area contributed by atoms with Crippen molar-refractivity contribution < 1.29 is 4.79 Å². The number of amides is 1. The molecule has 2 heterocycles. The molecule has 1 aromatic heterocycles. The molecule has 0 unspecified atom stereocenters.